The fraction of sp³-hybridized carbons (Fsp3) is 0.917. The van der Waals surface area contributed by atoms with Gasteiger partial charge in [-0.25, -0.2) is 4.79 Å². The Bertz CT molecular complexity index is 390. The monoisotopic (exact) mass is 429 g/mol. The molecule has 0 aliphatic rings. The Labute approximate surface area is 185 Å². The van der Waals surface area contributed by atoms with Crippen molar-refractivity contribution in [2.24, 2.45) is 0 Å². The van der Waals surface area contributed by atoms with E-state index in [-0.39, 0.29) is 5.91 Å². The molecule has 172 valence electrons. The molecule has 0 spiro atoms. The zero-order valence-corrected chi connectivity index (χ0v) is 19.8. The first-order chi connectivity index (χ1) is 14.1. The van der Waals surface area contributed by atoms with Crippen LogP contribution >= 0.6 is 12.6 Å². The van der Waals surface area contributed by atoms with Crippen molar-refractivity contribution in [3.05, 3.63) is 0 Å². The van der Waals surface area contributed by atoms with Gasteiger partial charge in [0.05, 0.1) is 0 Å². The molecular formula is C24H47NO3S. The van der Waals surface area contributed by atoms with E-state index in [1.807, 2.05) is 0 Å². The summed E-state index contributed by atoms with van der Waals surface area (Å²) in [6, 6.07) is -0.800. The van der Waals surface area contributed by atoms with Gasteiger partial charge < -0.3 is 10.4 Å². The van der Waals surface area contributed by atoms with Gasteiger partial charge in [0.25, 0.3) is 0 Å². The van der Waals surface area contributed by atoms with E-state index < -0.39 is 12.0 Å². The third-order valence-electron chi connectivity index (χ3n) is 5.56. The zero-order valence-electron chi connectivity index (χ0n) is 18.9. The molecule has 1 atom stereocenters. The number of hydrogen-bond acceptors (Lipinski definition) is 3. The molecule has 0 aliphatic carbocycles. The molecule has 0 aromatic heterocycles. The lowest BCUT2D eigenvalue weighted by Crippen LogP contribution is -2.40. The van der Waals surface area contributed by atoms with Gasteiger partial charge in [0.15, 0.2) is 0 Å². The molecule has 0 saturated heterocycles. The molecule has 0 bridgehead atoms. The van der Waals surface area contributed by atoms with E-state index in [4.69, 9.17) is 5.11 Å². The molecule has 0 aliphatic heterocycles. The van der Waals surface area contributed by atoms with Gasteiger partial charge in [0.2, 0.25) is 5.91 Å². The second-order valence-electron chi connectivity index (χ2n) is 8.38. The average Bonchev–Trinajstić information content (AvgIpc) is 2.70. The van der Waals surface area contributed by atoms with Gasteiger partial charge in [-0.1, -0.05) is 110 Å². The fourth-order valence-electron chi connectivity index (χ4n) is 3.66. The molecule has 0 fully saturated rings. The molecule has 0 saturated carbocycles. The van der Waals surface area contributed by atoms with Crippen molar-refractivity contribution >= 4 is 24.5 Å². The highest BCUT2D eigenvalue weighted by atomic mass is 32.1. The Balaban J connectivity index is 3.29. The summed E-state index contributed by atoms with van der Waals surface area (Å²) >= 11 is 4.03. The van der Waals surface area contributed by atoms with E-state index in [1.54, 1.807) is 0 Å². The number of carbonyl (C=O) groups excluding carboxylic acids is 1. The Hall–Kier alpha value is -0.710. The van der Waals surface area contributed by atoms with Crippen molar-refractivity contribution in [2.45, 2.75) is 135 Å². The Kier molecular flexibility index (Phi) is 21.4. The number of aliphatic carboxylic acids is 1. The number of hydrogen-bond donors (Lipinski definition) is 3. The van der Waals surface area contributed by atoms with Crippen LogP contribution < -0.4 is 5.32 Å². The number of amides is 1. The molecule has 1 unspecified atom stereocenters. The van der Waals surface area contributed by atoms with E-state index in [2.05, 4.69) is 24.9 Å². The average molecular weight is 430 g/mol. The molecule has 5 heteroatoms. The first-order valence-electron chi connectivity index (χ1n) is 12.2. The smallest absolute Gasteiger partial charge is 0.326 e. The van der Waals surface area contributed by atoms with Crippen LogP contribution in [0.5, 0.6) is 0 Å². The van der Waals surface area contributed by atoms with Crippen LogP contribution in [-0.4, -0.2) is 28.8 Å². The van der Waals surface area contributed by atoms with E-state index in [0.717, 1.165) is 12.8 Å². The van der Waals surface area contributed by atoms with Crippen LogP contribution in [0.4, 0.5) is 0 Å². The second kappa shape index (κ2) is 22.0. The third kappa shape index (κ3) is 20.3. The molecule has 0 radical (unpaired) electrons. The minimum absolute atomic E-state index is 0.153. The largest absolute Gasteiger partial charge is 0.480 e. The number of unbranched alkanes of at least 4 members (excludes halogenated alkanes) is 16. The number of nitrogens with one attached hydrogen (secondary N) is 1. The maximum absolute atomic E-state index is 11.8. The number of rotatable bonds is 22. The molecule has 4 nitrogen and oxygen atoms in total. The molecule has 29 heavy (non-hydrogen) atoms. The third-order valence-corrected chi connectivity index (χ3v) is 5.82. The minimum Gasteiger partial charge on any atom is -0.480 e. The highest BCUT2D eigenvalue weighted by molar-refractivity contribution is 7.80. The fourth-order valence-corrected chi connectivity index (χ4v) is 3.92. The summed E-state index contributed by atoms with van der Waals surface area (Å²) < 4.78 is 0. The standard InChI is InChI=1S/C24H47NO3S/c1-2-3-4-5-6-7-8-9-10-11-12-13-14-15-16-17-18-19-23(26)25-22(20-21-29)24(27)28/h22,29H,2-21H2,1H3,(H,25,26)(H,27,28). The maximum Gasteiger partial charge on any atom is 0.326 e. The predicted octanol–water partition coefficient (Wildman–Crippen LogP) is 6.92. The van der Waals surface area contributed by atoms with Crippen LogP contribution in [0.15, 0.2) is 0 Å². The van der Waals surface area contributed by atoms with Gasteiger partial charge in [-0.05, 0) is 18.6 Å². The SMILES string of the molecule is CCCCCCCCCCCCCCCCCCCC(=O)NC(CCS)C(=O)O. The van der Waals surface area contributed by atoms with Gasteiger partial charge in [0.1, 0.15) is 6.04 Å². The summed E-state index contributed by atoms with van der Waals surface area (Å²) in [5, 5.41) is 11.6. The van der Waals surface area contributed by atoms with Crippen molar-refractivity contribution in [3.8, 4) is 0 Å². The predicted molar refractivity (Wildman–Crippen MR) is 127 cm³/mol. The molecular weight excluding hydrogens is 382 g/mol. The van der Waals surface area contributed by atoms with Crippen LogP contribution in [0.25, 0.3) is 0 Å². The van der Waals surface area contributed by atoms with Crippen LogP contribution in [0.2, 0.25) is 0 Å². The van der Waals surface area contributed by atoms with E-state index in [9.17, 15) is 9.59 Å². The minimum atomic E-state index is -0.977. The molecule has 2 N–H and O–H groups in total. The first-order valence-corrected chi connectivity index (χ1v) is 12.9. The summed E-state index contributed by atoms with van der Waals surface area (Å²) in [5.74, 6) is -0.675. The number of carbonyl (C=O) groups is 2. The molecule has 1 amide bonds. The molecule has 0 aromatic carbocycles. The lowest BCUT2D eigenvalue weighted by Gasteiger charge is -2.13. The lowest BCUT2D eigenvalue weighted by molar-refractivity contribution is -0.141. The van der Waals surface area contributed by atoms with Crippen molar-refractivity contribution in [1.29, 1.82) is 0 Å². The van der Waals surface area contributed by atoms with Crippen LogP contribution in [0.3, 0.4) is 0 Å². The molecule has 0 rings (SSSR count). The van der Waals surface area contributed by atoms with Crippen LogP contribution in [0.1, 0.15) is 129 Å². The zero-order chi connectivity index (χ0) is 21.6. The van der Waals surface area contributed by atoms with Gasteiger partial charge in [0, 0.05) is 6.42 Å². The van der Waals surface area contributed by atoms with Gasteiger partial charge in [-0.3, -0.25) is 4.79 Å². The van der Waals surface area contributed by atoms with Gasteiger partial charge in [-0.2, -0.15) is 12.6 Å². The highest BCUT2D eigenvalue weighted by Gasteiger charge is 2.18. The summed E-state index contributed by atoms with van der Waals surface area (Å²) in [5.41, 5.74) is 0. The Morgan fingerprint density at radius 2 is 1.10 bits per heavy atom. The summed E-state index contributed by atoms with van der Waals surface area (Å²) in [6.07, 6.45) is 23.1. The van der Waals surface area contributed by atoms with Gasteiger partial charge in [-0.15, -0.1) is 0 Å². The Morgan fingerprint density at radius 1 is 0.724 bits per heavy atom. The number of thiol groups is 1. The normalized spacial score (nSPS) is 12.1. The van der Waals surface area contributed by atoms with Gasteiger partial charge >= 0.3 is 5.97 Å². The van der Waals surface area contributed by atoms with E-state index in [0.29, 0.717) is 18.6 Å². The summed E-state index contributed by atoms with van der Waals surface area (Å²) in [6.45, 7) is 2.27. The quantitative estimate of drug-likeness (QED) is 0.129. The number of carboxylic acid groups (broad SMARTS) is 1. The molecule has 0 aromatic rings. The topological polar surface area (TPSA) is 66.4 Å². The maximum atomic E-state index is 11.8. The highest BCUT2D eigenvalue weighted by Crippen LogP contribution is 2.14. The summed E-state index contributed by atoms with van der Waals surface area (Å²) in [7, 11) is 0. The first kappa shape index (κ1) is 28.3. The lowest BCUT2D eigenvalue weighted by atomic mass is 10.0. The molecule has 0 heterocycles. The summed E-state index contributed by atoms with van der Waals surface area (Å²) in [4.78, 5) is 22.8. The second-order valence-corrected chi connectivity index (χ2v) is 8.82. The van der Waals surface area contributed by atoms with E-state index in [1.165, 1.54) is 96.3 Å². The Morgan fingerprint density at radius 3 is 1.45 bits per heavy atom. The van der Waals surface area contributed by atoms with Crippen LogP contribution in [-0.2, 0) is 9.59 Å². The van der Waals surface area contributed by atoms with Crippen molar-refractivity contribution in [3.63, 3.8) is 0 Å². The van der Waals surface area contributed by atoms with Crippen molar-refractivity contribution < 1.29 is 14.7 Å². The van der Waals surface area contributed by atoms with Crippen molar-refractivity contribution in [1.82, 2.24) is 5.32 Å². The van der Waals surface area contributed by atoms with Crippen molar-refractivity contribution in [2.75, 3.05) is 5.75 Å². The number of carboxylic acids is 1. The van der Waals surface area contributed by atoms with E-state index >= 15 is 0 Å². The van der Waals surface area contributed by atoms with Crippen LogP contribution in [0, 0.1) is 0 Å².